The summed E-state index contributed by atoms with van der Waals surface area (Å²) in [6.45, 7) is 4.39. The molecule has 0 saturated heterocycles. The lowest BCUT2D eigenvalue weighted by Gasteiger charge is -2.09. The molecule has 6 heteroatoms. The number of benzene rings is 4. The van der Waals surface area contributed by atoms with Crippen molar-refractivity contribution in [3.8, 4) is 39.3 Å². The van der Waals surface area contributed by atoms with E-state index in [1.807, 2.05) is 30.3 Å². The molecule has 0 aliphatic rings. The van der Waals surface area contributed by atoms with Crippen molar-refractivity contribution in [3.05, 3.63) is 121 Å². The zero-order valence-electron chi connectivity index (χ0n) is 21.6. The van der Waals surface area contributed by atoms with E-state index in [-0.39, 0.29) is 5.56 Å². The van der Waals surface area contributed by atoms with Crippen molar-refractivity contribution in [1.29, 1.82) is 0 Å². The molecule has 0 fully saturated rings. The first-order valence-electron chi connectivity index (χ1n) is 12.8. The zero-order chi connectivity index (χ0) is 26.9. The number of carbonyl (C=O) groups is 1. The lowest BCUT2D eigenvalue weighted by Crippen LogP contribution is -2.03. The van der Waals surface area contributed by atoms with E-state index < -0.39 is 5.97 Å². The molecule has 0 unspecified atom stereocenters. The van der Waals surface area contributed by atoms with Gasteiger partial charge in [-0.15, -0.1) is 0 Å². The lowest BCUT2D eigenvalue weighted by molar-refractivity contribution is 0.0697. The molecule has 1 N–H and O–H groups in total. The van der Waals surface area contributed by atoms with Crippen LogP contribution < -0.4 is 0 Å². The Morgan fingerprint density at radius 2 is 1.36 bits per heavy atom. The minimum atomic E-state index is -0.983. The topological polar surface area (TPSA) is 80.9 Å². The average molecular weight is 511 g/mol. The van der Waals surface area contributed by atoms with Gasteiger partial charge in [-0.2, -0.15) is 5.10 Å². The predicted octanol–water partition coefficient (Wildman–Crippen LogP) is 7.64. The van der Waals surface area contributed by atoms with Crippen molar-refractivity contribution >= 4 is 17.0 Å². The summed E-state index contributed by atoms with van der Waals surface area (Å²) in [6.07, 6.45) is 3.34. The summed E-state index contributed by atoms with van der Waals surface area (Å²) in [5, 5.41) is 14.5. The molecule has 6 aromatic rings. The Balaban J connectivity index is 1.43. The summed E-state index contributed by atoms with van der Waals surface area (Å²) in [4.78, 5) is 20.5. The largest absolute Gasteiger partial charge is 0.478 e. The Morgan fingerprint density at radius 3 is 2.05 bits per heavy atom. The van der Waals surface area contributed by atoms with Crippen LogP contribution in [0.2, 0.25) is 0 Å². The molecule has 6 nitrogen and oxygen atoms in total. The summed E-state index contributed by atoms with van der Waals surface area (Å²) in [7, 11) is 0. The maximum Gasteiger partial charge on any atom is 0.335 e. The number of carboxylic acids is 1. The van der Waals surface area contributed by atoms with E-state index in [0.717, 1.165) is 39.1 Å². The van der Waals surface area contributed by atoms with E-state index in [4.69, 9.17) is 5.10 Å². The smallest absolute Gasteiger partial charge is 0.335 e. The first-order chi connectivity index (χ1) is 19.0. The first kappa shape index (κ1) is 24.2. The van der Waals surface area contributed by atoms with Crippen LogP contribution in [-0.2, 0) is 0 Å². The normalized spacial score (nSPS) is 11.3. The zero-order valence-corrected chi connectivity index (χ0v) is 21.6. The Bertz CT molecular complexity index is 1800. The molecule has 0 spiro atoms. The molecule has 0 aliphatic carbocycles. The van der Waals surface area contributed by atoms with Gasteiger partial charge in [0.1, 0.15) is 0 Å². The molecule has 0 radical (unpaired) electrons. The number of hydrogen-bond acceptors (Lipinski definition) is 4. The van der Waals surface area contributed by atoms with Crippen molar-refractivity contribution < 1.29 is 9.90 Å². The van der Waals surface area contributed by atoms with Gasteiger partial charge in [-0.1, -0.05) is 74.5 Å². The van der Waals surface area contributed by atoms with Crippen LogP contribution in [0, 0.1) is 0 Å². The van der Waals surface area contributed by atoms with Gasteiger partial charge < -0.3 is 5.11 Å². The second-order valence-electron chi connectivity index (χ2n) is 9.80. The van der Waals surface area contributed by atoms with Crippen LogP contribution in [0.15, 0.2) is 109 Å². The lowest BCUT2D eigenvalue weighted by atomic mass is 9.98. The maximum absolute atomic E-state index is 11.7. The van der Waals surface area contributed by atoms with Crippen molar-refractivity contribution in [2.75, 3.05) is 0 Å². The van der Waals surface area contributed by atoms with Gasteiger partial charge in [0.05, 0.1) is 33.7 Å². The second kappa shape index (κ2) is 9.99. The van der Waals surface area contributed by atoms with Crippen molar-refractivity contribution in [1.82, 2.24) is 19.7 Å². The Kier molecular flexibility index (Phi) is 6.21. The third-order valence-electron chi connectivity index (χ3n) is 6.90. The number of hydrogen-bond donors (Lipinski definition) is 1. The molecule has 6 rings (SSSR count). The fourth-order valence-electron chi connectivity index (χ4n) is 4.71. The van der Waals surface area contributed by atoms with Crippen molar-refractivity contribution in [3.63, 3.8) is 0 Å². The minimum Gasteiger partial charge on any atom is -0.478 e. The fourth-order valence-corrected chi connectivity index (χ4v) is 4.71. The molecule has 0 saturated carbocycles. The maximum atomic E-state index is 11.7. The highest BCUT2D eigenvalue weighted by atomic mass is 16.4. The summed E-state index contributed by atoms with van der Waals surface area (Å²) in [5.74, 6) is -0.486. The quantitative estimate of drug-likeness (QED) is 0.249. The Labute approximate surface area is 226 Å². The highest BCUT2D eigenvalue weighted by Gasteiger charge is 2.16. The predicted molar refractivity (Wildman–Crippen MR) is 154 cm³/mol. The van der Waals surface area contributed by atoms with Gasteiger partial charge in [0.15, 0.2) is 0 Å². The van der Waals surface area contributed by atoms with Crippen LogP contribution in [-0.4, -0.2) is 30.8 Å². The molecular weight excluding hydrogens is 484 g/mol. The minimum absolute atomic E-state index is 0.202. The highest BCUT2D eigenvalue weighted by molar-refractivity contribution is 5.88. The van der Waals surface area contributed by atoms with Crippen LogP contribution in [0.4, 0.5) is 0 Å². The number of aromatic nitrogens is 4. The standard InChI is InChI=1S/C33H26N4O2/c1-21(2)22-6-8-23(9-7-22)24-10-12-25(13-11-24)30-20-32(26-14-15-29-31(19-26)35-17-16-34-29)37(36-30)28-5-3-4-27(18-28)33(38)39/h3-21H,1-2H3,(H,38,39). The van der Waals surface area contributed by atoms with E-state index in [9.17, 15) is 9.90 Å². The molecule has 39 heavy (non-hydrogen) atoms. The van der Waals surface area contributed by atoms with E-state index in [2.05, 4.69) is 72.3 Å². The van der Waals surface area contributed by atoms with Crippen molar-refractivity contribution in [2.45, 2.75) is 19.8 Å². The molecule has 2 aromatic heterocycles. The summed E-state index contributed by atoms with van der Waals surface area (Å²) < 4.78 is 1.79. The Morgan fingerprint density at radius 1 is 0.718 bits per heavy atom. The van der Waals surface area contributed by atoms with Crippen LogP contribution in [0.25, 0.3) is 50.4 Å². The van der Waals surface area contributed by atoms with Gasteiger partial charge in [0.2, 0.25) is 0 Å². The van der Waals surface area contributed by atoms with Gasteiger partial charge in [-0.25, -0.2) is 9.48 Å². The molecule has 0 aliphatic heterocycles. The molecule has 0 bridgehead atoms. The van der Waals surface area contributed by atoms with Gasteiger partial charge in [-0.05, 0) is 59.0 Å². The molecule has 2 heterocycles. The summed E-state index contributed by atoms with van der Waals surface area (Å²) in [5.41, 5.74) is 9.55. The second-order valence-corrected chi connectivity index (χ2v) is 9.80. The number of carboxylic acid groups (broad SMARTS) is 1. The van der Waals surface area contributed by atoms with E-state index in [0.29, 0.717) is 11.6 Å². The third-order valence-corrected chi connectivity index (χ3v) is 6.90. The van der Waals surface area contributed by atoms with Crippen LogP contribution >= 0.6 is 0 Å². The number of aromatic carboxylic acids is 1. The average Bonchev–Trinajstić information content (AvgIpc) is 3.43. The molecule has 190 valence electrons. The summed E-state index contributed by atoms with van der Waals surface area (Å²) >= 11 is 0. The molecule has 4 aromatic carbocycles. The summed E-state index contributed by atoms with van der Waals surface area (Å²) in [6, 6.07) is 31.8. The van der Waals surface area contributed by atoms with Gasteiger partial charge >= 0.3 is 5.97 Å². The molecular formula is C33H26N4O2. The van der Waals surface area contributed by atoms with Gasteiger partial charge in [0.25, 0.3) is 0 Å². The van der Waals surface area contributed by atoms with Crippen molar-refractivity contribution in [2.24, 2.45) is 0 Å². The SMILES string of the molecule is CC(C)c1ccc(-c2ccc(-c3cc(-c4ccc5nccnc5c4)n(-c4cccc(C(=O)O)c4)n3)cc2)cc1. The molecule has 0 amide bonds. The van der Waals surface area contributed by atoms with E-state index >= 15 is 0 Å². The third kappa shape index (κ3) is 4.80. The highest BCUT2D eigenvalue weighted by Crippen LogP contribution is 2.32. The number of rotatable bonds is 6. The van der Waals surface area contributed by atoms with Crippen LogP contribution in [0.3, 0.4) is 0 Å². The number of nitrogens with zero attached hydrogens (tertiary/aromatic N) is 4. The van der Waals surface area contributed by atoms with E-state index in [1.165, 1.54) is 11.1 Å². The van der Waals surface area contributed by atoms with Crippen LogP contribution in [0.5, 0.6) is 0 Å². The Hall–Kier alpha value is -5.10. The van der Waals surface area contributed by atoms with Crippen LogP contribution in [0.1, 0.15) is 35.7 Å². The fraction of sp³-hybridized carbons (Fsp3) is 0.0909. The van der Waals surface area contributed by atoms with Gasteiger partial charge in [0, 0.05) is 23.5 Å². The van der Waals surface area contributed by atoms with E-state index in [1.54, 1.807) is 35.3 Å². The number of fused-ring (bicyclic) bond motifs is 1. The first-order valence-corrected chi connectivity index (χ1v) is 12.8. The molecule has 0 atom stereocenters. The van der Waals surface area contributed by atoms with Gasteiger partial charge in [-0.3, -0.25) is 9.97 Å². The monoisotopic (exact) mass is 510 g/mol.